The highest BCUT2D eigenvalue weighted by Gasteiger charge is 2.31. The Kier molecular flexibility index (Phi) is 9.49. The van der Waals surface area contributed by atoms with E-state index in [1.165, 1.54) is 26.4 Å². The smallest absolute Gasteiger partial charge is 0.416 e. The van der Waals surface area contributed by atoms with E-state index in [1.54, 1.807) is 24.3 Å². The molecule has 0 atom stereocenters. The van der Waals surface area contributed by atoms with Gasteiger partial charge in [-0.3, -0.25) is 9.78 Å². The number of nitrogens with one attached hydrogen (secondary N) is 3. The second kappa shape index (κ2) is 12.8. The van der Waals surface area contributed by atoms with Crippen LogP contribution in [-0.4, -0.2) is 44.3 Å². The topological polar surface area (TPSA) is 111 Å². The van der Waals surface area contributed by atoms with Crippen molar-refractivity contribution < 1.29 is 37.0 Å². The Balaban J connectivity index is 1.65. The average Bonchev–Trinajstić information content (AvgIpc) is 2.89. The molecule has 0 saturated heterocycles. The van der Waals surface area contributed by atoms with Crippen molar-refractivity contribution in [1.82, 2.24) is 15.6 Å². The maximum absolute atomic E-state index is 13.2. The first-order valence-electron chi connectivity index (χ1n) is 11.4. The van der Waals surface area contributed by atoms with Crippen molar-refractivity contribution >= 4 is 17.6 Å². The number of hydrogen-bond donors (Lipinski definition) is 3. The number of benzene rings is 2. The van der Waals surface area contributed by atoms with Gasteiger partial charge in [0.1, 0.15) is 29.5 Å². The number of aromatic nitrogens is 1. The van der Waals surface area contributed by atoms with E-state index in [0.29, 0.717) is 11.5 Å². The van der Waals surface area contributed by atoms with Crippen LogP contribution in [0.2, 0.25) is 0 Å². The number of ether oxygens (including phenoxy) is 3. The predicted molar refractivity (Wildman–Crippen MR) is 134 cm³/mol. The number of halogens is 3. The van der Waals surface area contributed by atoms with Crippen LogP contribution in [0.1, 0.15) is 27.2 Å². The molecule has 202 valence electrons. The summed E-state index contributed by atoms with van der Waals surface area (Å²) in [5.74, 6) is 0.703. The summed E-state index contributed by atoms with van der Waals surface area (Å²) < 4.78 is 55.7. The lowest BCUT2D eigenvalue weighted by Gasteiger charge is -2.16. The van der Waals surface area contributed by atoms with Crippen LogP contribution >= 0.6 is 0 Å². The van der Waals surface area contributed by atoms with Crippen LogP contribution in [0.25, 0.3) is 0 Å². The monoisotopic (exact) mass is 532 g/mol. The lowest BCUT2D eigenvalue weighted by Crippen LogP contribution is -2.28. The molecule has 12 heteroatoms. The van der Waals surface area contributed by atoms with Gasteiger partial charge in [0.15, 0.2) is 0 Å². The van der Waals surface area contributed by atoms with Gasteiger partial charge in [-0.2, -0.15) is 13.2 Å². The normalized spacial score (nSPS) is 11.0. The van der Waals surface area contributed by atoms with Crippen molar-refractivity contribution in [1.29, 1.82) is 0 Å². The minimum absolute atomic E-state index is 0.0817. The van der Waals surface area contributed by atoms with E-state index < -0.39 is 17.8 Å². The number of amides is 3. The lowest BCUT2D eigenvalue weighted by atomic mass is 10.1. The van der Waals surface area contributed by atoms with Crippen molar-refractivity contribution in [2.45, 2.75) is 19.6 Å². The van der Waals surface area contributed by atoms with Crippen molar-refractivity contribution in [2.75, 3.05) is 32.7 Å². The van der Waals surface area contributed by atoms with Gasteiger partial charge in [-0.15, -0.1) is 0 Å². The van der Waals surface area contributed by atoms with Crippen LogP contribution in [-0.2, 0) is 17.5 Å². The van der Waals surface area contributed by atoms with Crippen LogP contribution < -0.4 is 25.4 Å². The van der Waals surface area contributed by atoms with E-state index in [2.05, 4.69) is 20.9 Å². The number of pyridine rings is 1. The highest BCUT2D eigenvalue weighted by Crippen LogP contribution is 2.35. The van der Waals surface area contributed by atoms with Crippen molar-refractivity contribution in [3.8, 4) is 17.2 Å². The predicted octanol–water partition coefficient (Wildman–Crippen LogP) is 4.91. The number of carbonyl (C=O) groups is 2. The molecule has 0 unspecified atom stereocenters. The third-order valence-corrected chi connectivity index (χ3v) is 5.21. The Bertz CT molecular complexity index is 1280. The molecule has 0 aliphatic carbocycles. The third-order valence-electron chi connectivity index (χ3n) is 5.21. The molecule has 38 heavy (non-hydrogen) atoms. The molecular weight excluding hydrogens is 505 g/mol. The van der Waals surface area contributed by atoms with Gasteiger partial charge in [0.05, 0.1) is 17.9 Å². The summed E-state index contributed by atoms with van der Waals surface area (Å²) in [6.07, 6.45) is -3.12. The number of rotatable bonds is 10. The third kappa shape index (κ3) is 7.84. The Morgan fingerprint density at radius 1 is 1.00 bits per heavy atom. The summed E-state index contributed by atoms with van der Waals surface area (Å²) in [4.78, 5) is 28.3. The van der Waals surface area contributed by atoms with E-state index in [1.807, 2.05) is 6.92 Å². The van der Waals surface area contributed by atoms with Crippen LogP contribution in [0.5, 0.6) is 17.2 Å². The molecule has 0 aliphatic rings. The zero-order valence-corrected chi connectivity index (χ0v) is 20.9. The first-order chi connectivity index (χ1) is 18.1. The maximum atomic E-state index is 13.2. The molecule has 0 fully saturated rings. The number of anilines is 1. The van der Waals surface area contributed by atoms with Crippen molar-refractivity contribution in [3.63, 3.8) is 0 Å². The van der Waals surface area contributed by atoms with Gasteiger partial charge in [0.2, 0.25) is 0 Å². The number of urea groups is 1. The molecular formula is C26H27F3N4O5. The summed E-state index contributed by atoms with van der Waals surface area (Å²) >= 11 is 0. The van der Waals surface area contributed by atoms with Gasteiger partial charge in [-0.05, 0) is 48.4 Å². The summed E-state index contributed by atoms with van der Waals surface area (Å²) in [5.41, 5.74) is 0.653. The zero-order valence-electron chi connectivity index (χ0n) is 20.9. The van der Waals surface area contributed by atoms with E-state index in [0.717, 1.165) is 29.3 Å². The Labute approximate surface area is 217 Å². The van der Waals surface area contributed by atoms with Gasteiger partial charge < -0.3 is 30.2 Å². The summed E-state index contributed by atoms with van der Waals surface area (Å²) in [7, 11) is 2.97. The Hall–Kier alpha value is -4.32. The van der Waals surface area contributed by atoms with E-state index >= 15 is 0 Å². The molecule has 3 rings (SSSR count). The first-order valence-corrected chi connectivity index (χ1v) is 11.4. The van der Waals surface area contributed by atoms with E-state index in [-0.39, 0.29) is 42.8 Å². The van der Waals surface area contributed by atoms with Crippen LogP contribution in [0, 0.1) is 6.92 Å². The molecule has 2 aromatic carbocycles. The van der Waals surface area contributed by atoms with Gasteiger partial charge in [-0.25, -0.2) is 4.79 Å². The van der Waals surface area contributed by atoms with E-state index in [9.17, 15) is 22.8 Å². The molecule has 0 spiro atoms. The minimum Gasteiger partial charge on any atom is -0.489 e. The SMILES string of the molecule is CNC(=O)c1cc(Oc2ccc(CNC(=O)Nc3cc(C(F)(F)F)ccc3OCCOC)cc2C)ccn1. The van der Waals surface area contributed by atoms with Gasteiger partial charge >= 0.3 is 12.2 Å². The number of methoxy groups -OCH3 is 1. The van der Waals surface area contributed by atoms with Gasteiger partial charge in [-0.1, -0.05) is 12.1 Å². The fourth-order valence-electron chi connectivity index (χ4n) is 3.30. The molecule has 3 amide bonds. The average molecular weight is 533 g/mol. The van der Waals surface area contributed by atoms with E-state index in [4.69, 9.17) is 14.2 Å². The van der Waals surface area contributed by atoms with Crippen molar-refractivity contribution in [3.05, 3.63) is 77.1 Å². The molecule has 0 saturated carbocycles. The molecule has 9 nitrogen and oxygen atoms in total. The molecule has 3 aromatic rings. The number of aryl methyl sites for hydroxylation is 1. The number of alkyl halides is 3. The highest BCUT2D eigenvalue weighted by molar-refractivity contribution is 5.92. The number of carbonyl (C=O) groups excluding carboxylic acids is 2. The van der Waals surface area contributed by atoms with Crippen LogP contribution in [0.3, 0.4) is 0 Å². The quantitative estimate of drug-likeness (QED) is 0.320. The standard InChI is InChI=1S/C26H27F3N4O5/c1-16-12-17(4-6-22(16)38-19-8-9-31-21(14-19)24(34)30-2)15-32-25(35)33-20-13-18(26(27,28)29)5-7-23(20)37-11-10-36-3/h4-9,12-14H,10-11,15H2,1-3H3,(H,30,34)(H2,32,33,35). The van der Waals surface area contributed by atoms with Crippen molar-refractivity contribution in [2.24, 2.45) is 0 Å². The number of nitrogens with zero attached hydrogens (tertiary/aromatic N) is 1. The Morgan fingerprint density at radius 3 is 2.45 bits per heavy atom. The molecule has 3 N–H and O–H groups in total. The largest absolute Gasteiger partial charge is 0.489 e. The second-order valence-electron chi connectivity index (χ2n) is 8.02. The van der Waals surface area contributed by atoms with Crippen LogP contribution in [0.4, 0.5) is 23.7 Å². The lowest BCUT2D eigenvalue weighted by molar-refractivity contribution is -0.137. The van der Waals surface area contributed by atoms with Crippen LogP contribution in [0.15, 0.2) is 54.7 Å². The zero-order chi connectivity index (χ0) is 27.7. The molecule has 0 aliphatic heterocycles. The van der Waals surface area contributed by atoms with Gasteiger partial charge in [0.25, 0.3) is 5.91 Å². The first kappa shape index (κ1) is 28.3. The highest BCUT2D eigenvalue weighted by atomic mass is 19.4. The number of hydrogen-bond acceptors (Lipinski definition) is 6. The molecule has 0 bridgehead atoms. The summed E-state index contributed by atoms with van der Waals surface area (Å²) in [5, 5.41) is 7.53. The summed E-state index contributed by atoms with van der Waals surface area (Å²) in [6, 6.07) is 10.5. The molecule has 1 aromatic heterocycles. The summed E-state index contributed by atoms with van der Waals surface area (Å²) in [6.45, 7) is 2.23. The molecule has 0 radical (unpaired) electrons. The maximum Gasteiger partial charge on any atom is 0.416 e. The second-order valence-corrected chi connectivity index (χ2v) is 8.02. The van der Waals surface area contributed by atoms with Gasteiger partial charge in [0, 0.05) is 33.0 Å². The fourth-order valence-corrected chi connectivity index (χ4v) is 3.30. The fraction of sp³-hybridized carbons (Fsp3) is 0.269. The Morgan fingerprint density at radius 2 is 1.76 bits per heavy atom. The minimum atomic E-state index is -4.58. The molecule has 1 heterocycles.